The largest absolute Gasteiger partial charge is 0.490 e. The maximum atomic E-state index is 14.0. The summed E-state index contributed by atoms with van der Waals surface area (Å²) in [5.74, 6) is 0.765. The van der Waals surface area contributed by atoms with Crippen molar-refractivity contribution in [3.8, 4) is 5.75 Å². The van der Waals surface area contributed by atoms with Gasteiger partial charge in [0, 0.05) is 12.0 Å². The Kier molecular flexibility index (Phi) is 3.45. The second kappa shape index (κ2) is 5.25. The minimum Gasteiger partial charge on any atom is -0.490 e. The van der Waals surface area contributed by atoms with Crippen LogP contribution in [-0.4, -0.2) is 13.2 Å². The van der Waals surface area contributed by atoms with Crippen LogP contribution in [0.5, 0.6) is 5.75 Å². The monoisotopic (exact) mass is 271 g/mol. The lowest BCUT2D eigenvalue weighted by Gasteiger charge is -2.18. The summed E-state index contributed by atoms with van der Waals surface area (Å²) in [7, 11) is 1.85. The second-order valence-corrected chi connectivity index (χ2v) is 5.24. The summed E-state index contributed by atoms with van der Waals surface area (Å²) in [6.45, 7) is 2.06. The lowest BCUT2D eigenvalue weighted by Crippen LogP contribution is -2.19. The van der Waals surface area contributed by atoms with Crippen molar-refractivity contribution in [2.75, 3.05) is 7.05 Å². The molecule has 0 saturated heterocycles. The Morgan fingerprint density at radius 2 is 2.05 bits per heavy atom. The van der Waals surface area contributed by atoms with Crippen LogP contribution in [0.15, 0.2) is 42.5 Å². The normalized spacial score (nSPS) is 18.4. The Balaban J connectivity index is 1.99. The first kappa shape index (κ1) is 13.1. The molecule has 1 aliphatic heterocycles. The molecule has 2 unspecified atom stereocenters. The molecule has 2 nitrogen and oxygen atoms in total. The second-order valence-electron chi connectivity index (χ2n) is 5.24. The van der Waals surface area contributed by atoms with Crippen LogP contribution in [0.25, 0.3) is 0 Å². The summed E-state index contributed by atoms with van der Waals surface area (Å²) in [6.07, 6.45) is 1.14. The van der Waals surface area contributed by atoms with E-state index in [9.17, 15) is 4.39 Å². The molecule has 3 rings (SSSR count). The first-order valence-corrected chi connectivity index (χ1v) is 6.90. The van der Waals surface area contributed by atoms with Crippen LogP contribution < -0.4 is 10.1 Å². The van der Waals surface area contributed by atoms with Crippen molar-refractivity contribution < 1.29 is 9.13 Å². The predicted molar refractivity (Wildman–Crippen MR) is 77.5 cm³/mol. The Morgan fingerprint density at radius 1 is 1.25 bits per heavy atom. The molecule has 0 aliphatic carbocycles. The summed E-state index contributed by atoms with van der Waals surface area (Å²) < 4.78 is 19.7. The van der Waals surface area contributed by atoms with E-state index < -0.39 is 0 Å². The zero-order chi connectivity index (χ0) is 14.1. The number of hydrogen-bond acceptors (Lipinski definition) is 2. The molecule has 0 amide bonds. The van der Waals surface area contributed by atoms with E-state index in [0.29, 0.717) is 5.56 Å². The molecular weight excluding hydrogens is 253 g/mol. The van der Waals surface area contributed by atoms with E-state index in [2.05, 4.69) is 18.3 Å². The van der Waals surface area contributed by atoms with Crippen molar-refractivity contribution in [1.82, 2.24) is 5.32 Å². The molecule has 104 valence electrons. The molecule has 2 aromatic carbocycles. The standard InChI is InChI=1S/C17H18FNO/c1-11-9-13-10-12(7-8-16(13)20-11)17(19-2)14-5-3-4-6-15(14)18/h3-8,10-11,17,19H,9H2,1-2H3. The third kappa shape index (κ3) is 2.29. The predicted octanol–water partition coefficient (Wildman–Crippen LogP) is 3.46. The molecule has 1 heterocycles. The van der Waals surface area contributed by atoms with E-state index >= 15 is 0 Å². The van der Waals surface area contributed by atoms with Crippen LogP contribution in [0.1, 0.15) is 29.7 Å². The van der Waals surface area contributed by atoms with E-state index in [0.717, 1.165) is 17.7 Å². The van der Waals surface area contributed by atoms with Gasteiger partial charge in [-0.25, -0.2) is 4.39 Å². The molecule has 0 radical (unpaired) electrons. The Bertz CT molecular complexity index is 626. The van der Waals surface area contributed by atoms with Crippen molar-refractivity contribution in [2.45, 2.75) is 25.5 Å². The molecule has 1 aliphatic rings. The molecule has 2 atom stereocenters. The number of halogens is 1. The summed E-state index contributed by atoms with van der Waals surface area (Å²) in [5.41, 5.74) is 2.93. The van der Waals surface area contributed by atoms with Crippen LogP contribution in [0.4, 0.5) is 4.39 Å². The topological polar surface area (TPSA) is 21.3 Å². The molecule has 0 saturated carbocycles. The number of fused-ring (bicyclic) bond motifs is 1. The molecule has 0 spiro atoms. The van der Waals surface area contributed by atoms with Crippen LogP contribution >= 0.6 is 0 Å². The summed E-state index contributed by atoms with van der Waals surface area (Å²) >= 11 is 0. The fourth-order valence-corrected chi connectivity index (χ4v) is 2.83. The van der Waals surface area contributed by atoms with E-state index in [1.54, 1.807) is 6.07 Å². The quantitative estimate of drug-likeness (QED) is 0.923. The van der Waals surface area contributed by atoms with Gasteiger partial charge < -0.3 is 10.1 Å². The first-order valence-electron chi connectivity index (χ1n) is 6.90. The average Bonchev–Trinajstić information content (AvgIpc) is 2.81. The fourth-order valence-electron chi connectivity index (χ4n) is 2.83. The molecule has 20 heavy (non-hydrogen) atoms. The van der Waals surface area contributed by atoms with Crippen molar-refractivity contribution in [3.05, 3.63) is 65.0 Å². The van der Waals surface area contributed by atoms with Crippen LogP contribution in [0.3, 0.4) is 0 Å². The van der Waals surface area contributed by atoms with Gasteiger partial charge in [0.25, 0.3) is 0 Å². The van der Waals surface area contributed by atoms with E-state index in [1.807, 2.05) is 31.3 Å². The van der Waals surface area contributed by atoms with Gasteiger partial charge in [-0.1, -0.05) is 30.3 Å². The van der Waals surface area contributed by atoms with Gasteiger partial charge in [0.05, 0.1) is 6.04 Å². The third-order valence-corrected chi connectivity index (χ3v) is 3.76. The number of ether oxygens (including phenoxy) is 1. The van der Waals surface area contributed by atoms with E-state index in [1.165, 1.54) is 11.6 Å². The molecule has 0 aromatic heterocycles. The van der Waals surface area contributed by atoms with Gasteiger partial charge in [-0.2, -0.15) is 0 Å². The summed E-state index contributed by atoms with van der Waals surface area (Å²) in [5, 5.41) is 3.20. The van der Waals surface area contributed by atoms with Crippen LogP contribution in [-0.2, 0) is 6.42 Å². The zero-order valence-electron chi connectivity index (χ0n) is 11.7. The number of nitrogens with one attached hydrogen (secondary N) is 1. The Hall–Kier alpha value is -1.87. The first-order chi connectivity index (χ1) is 9.69. The minimum atomic E-state index is -0.183. The van der Waals surface area contributed by atoms with Crippen molar-refractivity contribution in [1.29, 1.82) is 0 Å². The molecule has 1 N–H and O–H groups in total. The molecule has 3 heteroatoms. The maximum absolute atomic E-state index is 14.0. The lowest BCUT2D eigenvalue weighted by atomic mass is 9.96. The van der Waals surface area contributed by atoms with Gasteiger partial charge >= 0.3 is 0 Å². The van der Waals surface area contributed by atoms with Gasteiger partial charge in [-0.15, -0.1) is 0 Å². The van der Waals surface area contributed by atoms with E-state index in [4.69, 9.17) is 4.74 Å². The SMILES string of the molecule is CNC(c1ccc2c(c1)CC(C)O2)c1ccccc1F. The molecule has 0 bridgehead atoms. The van der Waals surface area contributed by atoms with Crippen LogP contribution in [0.2, 0.25) is 0 Å². The van der Waals surface area contributed by atoms with Crippen molar-refractivity contribution in [2.24, 2.45) is 0 Å². The number of rotatable bonds is 3. The fraction of sp³-hybridized carbons (Fsp3) is 0.294. The smallest absolute Gasteiger partial charge is 0.128 e. The maximum Gasteiger partial charge on any atom is 0.128 e. The summed E-state index contributed by atoms with van der Waals surface area (Å²) in [6, 6.07) is 12.9. The van der Waals surface area contributed by atoms with Crippen molar-refractivity contribution >= 4 is 0 Å². The minimum absolute atomic E-state index is 0.141. The number of benzene rings is 2. The summed E-state index contributed by atoms with van der Waals surface area (Å²) in [4.78, 5) is 0. The highest BCUT2D eigenvalue weighted by Gasteiger charge is 2.22. The average molecular weight is 271 g/mol. The zero-order valence-corrected chi connectivity index (χ0v) is 11.7. The van der Waals surface area contributed by atoms with Crippen LogP contribution in [0, 0.1) is 5.82 Å². The highest BCUT2D eigenvalue weighted by atomic mass is 19.1. The Morgan fingerprint density at radius 3 is 2.80 bits per heavy atom. The Labute approximate surface area is 118 Å². The van der Waals surface area contributed by atoms with Gasteiger partial charge in [-0.3, -0.25) is 0 Å². The van der Waals surface area contributed by atoms with Crippen molar-refractivity contribution in [3.63, 3.8) is 0 Å². The van der Waals surface area contributed by atoms with Gasteiger partial charge in [0.1, 0.15) is 17.7 Å². The van der Waals surface area contributed by atoms with Gasteiger partial charge in [0.2, 0.25) is 0 Å². The third-order valence-electron chi connectivity index (χ3n) is 3.76. The highest BCUT2D eigenvalue weighted by molar-refractivity contribution is 5.44. The van der Waals surface area contributed by atoms with Gasteiger partial charge in [-0.05, 0) is 37.2 Å². The van der Waals surface area contributed by atoms with E-state index in [-0.39, 0.29) is 18.0 Å². The molecule has 0 fully saturated rings. The molecular formula is C17H18FNO. The lowest BCUT2D eigenvalue weighted by molar-refractivity contribution is 0.254. The molecule has 2 aromatic rings. The number of hydrogen-bond donors (Lipinski definition) is 1. The highest BCUT2D eigenvalue weighted by Crippen LogP contribution is 2.33. The van der Waals surface area contributed by atoms with Gasteiger partial charge in [0.15, 0.2) is 0 Å².